The Hall–Kier alpha value is -1.55. The van der Waals surface area contributed by atoms with Crippen LogP contribution in [0.1, 0.15) is 11.1 Å². The van der Waals surface area contributed by atoms with Gasteiger partial charge in [0.05, 0.1) is 0 Å². The number of hydrogen-bond donors (Lipinski definition) is 1. The number of hydrogen-bond acceptors (Lipinski definition) is 3. The average Bonchev–Trinajstić information content (AvgIpc) is 2.51. The van der Waals surface area contributed by atoms with E-state index in [-0.39, 0.29) is 0 Å². The summed E-state index contributed by atoms with van der Waals surface area (Å²) in [5, 5.41) is 4.16. The predicted octanol–water partition coefficient (Wildman–Crippen LogP) is 3.57. The molecule has 2 aromatic carbocycles. The molecule has 22 heavy (non-hydrogen) atoms. The van der Waals surface area contributed by atoms with Gasteiger partial charge in [0.25, 0.3) is 0 Å². The van der Waals surface area contributed by atoms with E-state index < -0.39 is 0 Å². The van der Waals surface area contributed by atoms with Gasteiger partial charge in [-0.3, -0.25) is 0 Å². The Morgan fingerprint density at radius 1 is 1.09 bits per heavy atom. The lowest BCUT2D eigenvalue weighted by Crippen LogP contribution is -2.26. The summed E-state index contributed by atoms with van der Waals surface area (Å²) < 4.78 is 5.84. The van der Waals surface area contributed by atoms with Crippen molar-refractivity contribution in [2.24, 2.45) is 0 Å². The van der Waals surface area contributed by atoms with Crippen molar-refractivity contribution in [1.82, 2.24) is 10.2 Å². The summed E-state index contributed by atoms with van der Waals surface area (Å²) in [6.07, 6.45) is 0. The molecule has 1 N–H and O–H groups in total. The fourth-order valence-electron chi connectivity index (χ4n) is 2.06. The molecule has 0 aliphatic rings. The van der Waals surface area contributed by atoms with Crippen LogP contribution in [0.4, 0.5) is 0 Å². The monoisotopic (exact) mass is 318 g/mol. The van der Waals surface area contributed by atoms with Crippen LogP contribution in [-0.4, -0.2) is 32.1 Å². The molecule has 0 fully saturated rings. The van der Waals surface area contributed by atoms with Crippen molar-refractivity contribution in [2.45, 2.75) is 13.2 Å². The molecule has 118 valence electrons. The highest BCUT2D eigenvalue weighted by Crippen LogP contribution is 2.19. The standard InChI is InChI=1S/C18H23ClN2O/c1-21(2)11-10-20-13-15-6-5-8-17(12-15)22-14-16-7-3-4-9-18(16)19/h3-9,12,20H,10-11,13-14H2,1-2H3. The van der Waals surface area contributed by atoms with Gasteiger partial charge in [0.15, 0.2) is 0 Å². The van der Waals surface area contributed by atoms with E-state index in [0.29, 0.717) is 6.61 Å². The van der Waals surface area contributed by atoms with Crippen molar-refractivity contribution in [3.05, 3.63) is 64.7 Å². The molecule has 0 spiro atoms. The molecule has 0 aliphatic heterocycles. The van der Waals surface area contributed by atoms with Crippen molar-refractivity contribution < 1.29 is 4.74 Å². The Labute approximate surface area is 137 Å². The minimum absolute atomic E-state index is 0.483. The molecule has 0 saturated carbocycles. The third-order valence-corrected chi connectivity index (χ3v) is 3.68. The fourth-order valence-corrected chi connectivity index (χ4v) is 2.25. The first-order valence-corrected chi connectivity index (χ1v) is 7.83. The summed E-state index contributed by atoms with van der Waals surface area (Å²) >= 11 is 6.14. The molecule has 0 bridgehead atoms. The minimum Gasteiger partial charge on any atom is -0.489 e. The smallest absolute Gasteiger partial charge is 0.120 e. The van der Waals surface area contributed by atoms with Crippen molar-refractivity contribution in [3.8, 4) is 5.75 Å². The van der Waals surface area contributed by atoms with Crippen molar-refractivity contribution in [1.29, 1.82) is 0 Å². The van der Waals surface area contributed by atoms with Crippen molar-refractivity contribution >= 4 is 11.6 Å². The topological polar surface area (TPSA) is 24.5 Å². The lowest BCUT2D eigenvalue weighted by molar-refractivity contribution is 0.306. The van der Waals surface area contributed by atoms with Gasteiger partial charge in [0, 0.05) is 30.2 Å². The number of benzene rings is 2. The summed E-state index contributed by atoms with van der Waals surface area (Å²) in [6.45, 7) is 3.33. The number of ether oxygens (including phenoxy) is 1. The molecule has 0 amide bonds. The van der Waals surface area contributed by atoms with Gasteiger partial charge in [0.1, 0.15) is 12.4 Å². The molecule has 3 nitrogen and oxygen atoms in total. The number of nitrogens with one attached hydrogen (secondary N) is 1. The lowest BCUT2D eigenvalue weighted by atomic mass is 10.2. The molecular weight excluding hydrogens is 296 g/mol. The van der Waals surface area contributed by atoms with E-state index in [1.807, 2.05) is 36.4 Å². The summed E-state index contributed by atoms with van der Waals surface area (Å²) in [4.78, 5) is 2.16. The maximum absolute atomic E-state index is 6.14. The normalized spacial score (nSPS) is 10.9. The minimum atomic E-state index is 0.483. The Kier molecular flexibility index (Phi) is 6.72. The highest BCUT2D eigenvalue weighted by atomic mass is 35.5. The largest absolute Gasteiger partial charge is 0.489 e. The third kappa shape index (κ3) is 5.68. The Bertz CT molecular complexity index is 587. The van der Waals surface area contributed by atoms with Gasteiger partial charge in [-0.15, -0.1) is 0 Å². The summed E-state index contributed by atoms with van der Waals surface area (Å²) in [5.74, 6) is 0.867. The van der Waals surface area contributed by atoms with Crippen LogP contribution in [0, 0.1) is 0 Å². The van der Waals surface area contributed by atoms with Crippen LogP contribution in [0.25, 0.3) is 0 Å². The first kappa shape index (κ1) is 16.8. The summed E-state index contributed by atoms with van der Waals surface area (Å²) in [7, 11) is 4.15. The second-order valence-corrected chi connectivity index (χ2v) is 5.91. The van der Waals surface area contributed by atoms with Gasteiger partial charge in [-0.05, 0) is 37.9 Å². The predicted molar refractivity (Wildman–Crippen MR) is 92.5 cm³/mol. The van der Waals surface area contributed by atoms with Crippen LogP contribution in [0.5, 0.6) is 5.75 Å². The van der Waals surface area contributed by atoms with Gasteiger partial charge in [-0.1, -0.05) is 41.9 Å². The zero-order valence-corrected chi connectivity index (χ0v) is 13.9. The molecule has 0 saturated heterocycles. The van der Waals surface area contributed by atoms with E-state index in [1.165, 1.54) is 5.56 Å². The van der Waals surface area contributed by atoms with Crippen LogP contribution in [0.2, 0.25) is 5.02 Å². The molecule has 2 aromatic rings. The van der Waals surface area contributed by atoms with Gasteiger partial charge < -0.3 is 15.0 Å². The molecule has 4 heteroatoms. The Morgan fingerprint density at radius 2 is 1.91 bits per heavy atom. The molecule has 0 heterocycles. The molecule has 0 aliphatic carbocycles. The van der Waals surface area contributed by atoms with Crippen LogP contribution in [-0.2, 0) is 13.2 Å². The highest BCUT2D eigenvalue weighted by molar-refractivity contribution is 6.31. The molecule has 0 unspecified atom stereocenters. The van der Waals surface area contributed by atoms with E-state index in [2.05, 4.69) is 36.4 Å². The highest BCUT2D eigenvalue weighted by Gasteiger charge is 2.01. The van der Waals surface area contributed by atoms with Gasteiger partial charge >= 0.3 is 0 Å². The molecule has 0 radical (unpaired) electrons. The lowest BCUT2D eigenvalue weighted by Gasteiger charge is -2.12. The van der Waals surface area contributed by atoms with Crippen LogP contribution >= 0.6 is 11.6 Å². The Balaban J connectivity index is 1.85. The fraction of sp³-hybridized carbons (Fsp3) is 0.333. The maximum Gasteiger partial charge on any atom is 0.120 e. The maximum atomic E-state index is 6.14. The first-order valence-electron chi connectivity index (χ1n) is 7.46. The summed E-state index contributed by atoms with van der Waals surface area (Å²) in [5.41, 5.74) is 2.22. The SMILES string of the molecule is CN(C)CCNCc1cccc(OCc2ccccc2Cl)c1. The zero-order chi connectivity index (χ0) is 15.8. The third-order valence-electron chi connectivity index (χ3n) is 3.32. The van der Waals surface area contributed by atoms with E-state index in [4.69, 9.17) is 16.3 Å². The number of halogens is 1. The zero-order valence-electron chi connectivity index (χ0n) is 13.2. The van der Waals surface area contributed by atoms with E-state index in [1.54, 1.807) is 0 Å². The molecule has 0 aromatic heterocycles. The molecule has 0 atom stereocenters. The molecule has 2 rings (SSSR count). The van der Waals surface area contributed by atoms with Crippen molar-refractivity contribution in [2.75, 3.05) is 27.2 Å². The quantitative estimate of drug-likeness (QED) is 0.753. The van der Waals surface area contributed by atoms with Gasteiger partial charge in [-0.2, -0.15) is 0 Å². The number of nitrogens with zero attached hydrogens (tertiary/aromatic N) is 1. The van der Waals surface area contributed by atoms with Crippen LogP contribution in [0.3, 0.4) is 0 Å². The van der Waals surface area contributed by atoms with Crippen molar-refractivity contribution in [3.63, 3.8) is 0 Å². The Morgan fingerprint density at radius 3 is 2.68 bits per heavy atom. The van der Waals surface area contributed by atoms with Gasteiger partial charge in [-0.25, -0.2) is 0 Å². The number of likely N-dealkylation sites (N-methyl/N-ethyl adjacent to an activating group) is 1. The number of rotatable bonds is 8. The second kappa shape index (κ2) is 8.79. The van der Waals surface area contributed by atoms with E-state index in [9.17, 15) is 0 Å². The molecular formula is C18H23ClN2O. The second-order valence-electron chi connectivity index (χ2n) is 5.51. The van der Waals surface area contributed by atoms with E-state index in [0.717, 1.165) is 36.0 Å². The average molecular weight is 319 g/mol. The summed E-state index contributed by atoms with van der Waals surface area (Å²) in [6, 6.07) is 15.9. The van der Waals surface area contributed by atoms with Gasteiger partial charge in [0.2, 0.25) is 0 Å². The van der Waals surface area contributed by atoms with E-state index >= 15 is 0 Å². The first-order chi connectivity index (χ1) is 10.6. The van der Waals surface area contributed by atoms with Crippen LogP contribution in [0.15, 0.2) is 48.5 Å². The van der Waals surface area contributed by atoms with Crippen LogP contribution < -0.4 is 10.1 Å².